The van der Waals surface area contributed by atoms with Crippen molar-refractivity contribution in [2.75, 3.05) is 48.6 Å². The van der Waals surface area contributed by atoms with Crippen LogP contribution >= 0.6 is 7.60 Å². The van der Waals surface area contributed by atoms with Crippen LogP contribution in [0.2, 0.25) is 0 Å². The summed E-state index contributed by atoms with van der Waals surface area (Å²) in [5, 5.41) is 15.4. The fraction of sp³-hybridized carbons (Fsp3) is 0.385. The van der Waals surface area contributed by atoms with Crippen molar-refractivity contribution < 1.29 is 190 Å². The van der Waals surface area contributed by atoms with E-state index in [1.807, 2.05) is 109 Å². The number of Topliss-reactive ketones (excluding diaryl/α,β-unsaturated/α-hetero) is 1. The van der Waals surface area contributed by atoms with Gasteiger partial charge in [0.15, 0.2) is 0 Å². The standard InChI is InChI=1S/C23H25NO4.C22H25NO5.C5H10N2O4P.CH2O3.CH4O.2K.H/c1-3-7-20-14-22(27-16-19-10-12-21(26-2)13-11-19)15-24(20)23(25)28-17-18-8-5-4-6-9-18;1-26-20-9-7-18(8-10-20)15-27-21-13-19(11-12-24)23(14-21)22(25)28-16-17-5-3-2-4-6-17;1-4(8)5(7-6)12(9,10-2)11-3;2-1-4-3;1-2;;;/h1,4-6,8-13,20,22H,7,14-17H2,2H3;2-10,12,19,21H,11,13-16H2,1H3;6H,1-3H3;1,3H;2H,1H3;;;/q;;+1;;;2*+1;-1/p-1/t20-,22-;19-,21-;;;;;;/m11....../s1. The Hall–Kier alpha value is -3.97. The van der Waals surface area contributed by atoms with E-state index in [1.54, 1.807) is 24.0 Å². The molecule has 2 N–H and O–H groups in total. The SMILES string of the molecule is C#CC[C@@H]1C[C@@H](OCc2ccc(OC)cc2)CN1C(=O)OCc1ccccc1.CO.COP(=O)(OC)C(=[N+]=N)C(C)=O.COc1ccc(CO[C@@H]2C[C@@H](CC=O)N(C(=O)OCc3ccccc3)C2)cc1.O=CO[O-].[H-].[K+].[K+]. The van der Waals surface area contributed by atoms with Crippen molar-refractivity contribution in [2.45, 2.75) is 83.3 Å². The average molecular weight is 1130 g/mol. The summed E-state index contributed by atoms with van der Waals surface area (Å²) in [5.41, 5.74) is 10.1. The number of hydrogen-bond acceptors (Lipinski definition) is 18. The normalized spacial score (nSPS) is 15.7. The molecule has 0 spiro atoms. The molecule has 0 aromatic heterocycles. The van der Waals surface area contributed by atoms with Crippen LogP contribution in [0.5, 0.6) is 11.5 Å². The number of benzene rings is 4. The number of amides is 2. The molecule has 2 aliphatic rings. The molecule has 2 amide bonds. The van der Waals surface area contributed by atoms with Gasteiger partial charge in [0, 0.05) is 53.2 Å². The third-order valence-electron chi connectivity index (χ3n) is 10.8. The molecule has 24 heteroatoms. The van der Waals surface area contributed by atoms with Gasteiger partial charge >= 0.3 is 128 Å². The minimum absolute atomic E-state index is 0. The second kappa shape index (κ2) is 42.0. The van der Waals surface area contributed by atoms with Crippen LogP contribution in [0.3, 0.4) is 0 Å². The molecule has 76 heavy (non-hydrogen) atoms. The molecule has 4 aromatic rings. The van der Waals surface area contributed by atoms with Crippen LogP contribution in [0, 0.1) is 17.9 Å². The van der Waals surface area contributed by atoms with Gasteiger partial charge in [-0.2, -0.15) is 0 Å². The van der Waals surface area contributed by atoms with E-state index in [1.165, 1.54) is 0 Å². The molecule has 0 unspecified atom stereocenters. The van der Waals surface area contributed by atoms with Gasteiger partial charge in [-0.1, -0.05) is 84.9 Å². The number of carbonyl (C=O) groups excluding carboxylic acids is 5. The Morgan fingerprint density at radius 1 is 0.711 bits per heavy atom. The first-order valence-electron chi connectivity index (χ1n) is 22.8. The summed E-state index contributed by atoms with van der Waals surface area (Å²) in [6.07, 6.45) is 7.48. The molecule has 0 aliphatic carbocycles. The van der Waals surface area contributed by atoms with Crippen LogP contribution in [0.1, 0.15) is 56.3 Å². The number of ether oxygens (including phenoxy) is 6. The number of ketones is 1. The van der Waals surface area contributed by atoms with E-state index in [0.717, 1.165) is 68.3 Å². The van der Waals surface area contributed by atoms with Gasteiger partial charge in [0.25, 0.3) is 12.3 Å². The Morgan fingerprint density at radius 2 is 1.09 bits per heavy atom. The van der Waals surface area contributed by atoms with Crippen LogP contribution in [-0.4, -0.2) is 129 Å². The smallest absolute Gasteiger partial charge is 1.00 e. The zero-order valence-electron chi connectivity index (χ0n) is 45.3. The maximum absolute atomic E-state index is 12.6. The Balaban J connectivity index is 0. The van der Waals surface area contributed by atoms with Crippen LogP contribution < -0.4 is 118 Å². The Bertz CT molecular complexity index is 2430. The average Bonchev–Trinajstić information content (AvgIpc) is 4.06. The van der Waals surface area contributed by atoms with Crippen molar-refractivity contribution in [1.29, 1.82) is 5.53 Å². The Labute approximate surface area is 530 Å². The van der Waals surface area contributed by atoms with E-state index in [9.17, 15) is 23.7 Å². The predicted octanol–water partition coefficient (Wildman–Crippen LogP) is 0.458. The number of likely N-dealkylation sites (tertiary alicyclic amines) is 2. The van der Waals surface area contributed by atoms with E-state index in [0.29, 0.717) is 45.6 Å². The number of carbonyl (C=O) groups is 5. The van der Waals surface area contributed by atoms with Crippen LogP contribution in [0.25, 0.3) is 0 Å². The first kappa shape index (κ1) is 72.0. The van der Waals surface area contributed by atoms with Crippen molar-refractivity contribution in [3.05, 3.63) is 131 Å². The van der Waals surface area contributed by atoms with Crippen LogP contribution in [-0.2, 0) is 78.3 Å². The maximum atomic E-state index is 12.6. The zero-order valence-corrected chi connectivity index (χ0v) is 51.4. The molecule has 4 aromatic carbocycles. The van der Waals surface area contributed by atoms with Gasteiger partial charge in [-0.25, -0.2) is 14.2 Å². The summed E-state index contributed by atoms with van der Waals surface area (Å²) in [6, 6.07) is 34.3. The second-order valence-corrected chi connectivity index (χ2v) is 17.7. The van der Waals surface area contributed by atoms with Crippen molar-refractivity contribution >= 4 is 43.8 Å². The fourth-order valence-electron chi connectivity index (χ4n) is 7.16. The van der Waals surface area contributed by atoms with E-state index in [4.69, 9.17) is 55.5 Å². The number of rotatable bonds is 20. The molecule has 4 atom stereocenters. The molecule has 0 saturated carbocycles. The molecule has 0 radical (unpaired) electrons. The summed E-state index contributed by atoms with van der Waals surface area (Å²) in [5.74, 6) is 3.66. The van der Waals surface area contributed by atoms with Gasteiger partial charge in [-0.15, -0.1) is 12.3 Å². The van der Waals surface area contributed by atoms with Gasteiger partial charge in [0.2, 0.25) is 0 Å². The summed E-state index contributed by atoms with van der Waals surface area (Å²) < 4.78 is 53.6. The van der Waals surface area contributed by atoms with Crippen LogP contribution in [0.15, 0.2) is 109 Å². The number of aliphatic hydroxyl groups excluding tert-OH is 1. The molecule has 0 bridgehead atoms. The minimum Gasteiger partial charge on any atom is -1.00 e. The molecular weight excluding hydrogens is 1060 g/mol. The topological polar surface area (TPSA) is 273 Å². The molecule has 2 heterocycles. The number of nitrogens with zero attached hydrogens (tertiary/aromatic N) is 3. The monoisotopic (exact) mass is 1130 g/mol. The number of aldehydes is 1. The van der Waals surface area contributed by atoms with E-state index in [-0.39, 0.29) is 161 Å². The summed E-state index contributed by atoms with van der Waals surface area (Å²) >= 11 is 0. The van der Waals surface area contributed by atoms with Gasteiger partial charge < -0.3 is 68.7 Å². The summed E-state index contributed by atoms with van der Waals surface area (Å²) in [6.45, 7) is 3.23. The largest absolute Gasteiger partial charge is 1.00 e. The predicted molar refractivity (Wildman–Crippen MR) is 267 cm³/mol. The minimum atomic E-state index is -3.63. The quantitative estimate of drug-likeness (QED) is 0.0140. The van der Waals surface area contributed by atoms with Crippen molar-refractivity contribution in [3.63, 3.8) is 0 Å². The number of nitrogens with one attached hydrogen (secondary N) is 1. The molecule has 21 nitrogen and oxygen atoms in total. The number of terminal acetylenes is 1. The summed E-state index contributed by atoms with van der Waals surface area (Å²) in [7, 11) is 2.88. The number of hydrogen-bond donors (Lipinski definition) is 2. The van der Waals surface area contributed by atoms with Gasteiger partial charge in [-0.3, -0.25) is 9.59 Å². The Kier molecular flexibility index (Phi) is 39.8. The fourth-order valence-corrected chi connectivity index (χ4v) is 8.16. The number of methoxy groups -OCH3 is 2. The van der Waals surface area contributed by atoms with Gasteiger partial charge in [-0.05, 0) is 59.4 Å². The molecule has 2 saturated heterocycles. The van der Waals surface area contributed by atoms with E-state index >= 15 is 0 Å². The van der Waals surface area contributed by atoms with E-state index in [2.05, 4.69) is 24.6 Å². The third-order valence-corrected chi connectivity index (χ3v) is 12.7. The molecule has 2 fully saturated rings. The first-order valence-corrected chi connectivity index (χ1v) is 24.3. The van der Waals surface area contributed by atoms with Crippen molar-refractivity contribution in [3.8, 4) is 23.8 Å². The third kappa shape index (κ3) is 26.1. The zero-order chi connectivity index (χ0) is 54.7. The van der Waals surface area contributed by atoms with Crippen LogP contribution in [0.4, 0.5) is 9.59 Å². The van der Waals surface area contributed by atoms with Crippen molar-refractivity contribution in [1.82, 2.24) is 9.80 Å². The molecule has 2 aliphatic heterocycles. The Morgan fingerprint density at radius 3 is 1.41 bits per heavy atom. The van der Waals surface area contributed by atoms with E-state index < -0.39 is 24.9 Å². The first-order chi connectivity index (χ1) is 35.8. The number of aliphatic hydroxyl groups is 1. The van der Waals surface area contributed by atoms with Crippen molar-refractivity contribution in [2.24, 2.45) is 0 Å². The molecule has 402 valence electrons. The maximum Gasteiger partial charge on any atom is 1.00 e. The molecular formula is C52H66K2N4O17P+. The molecule has 6 rings (SSSR count). The second-order valence-electron chi connectivity index (χ2n) is 15.6. The van der Waals surface area contributed by atoms with Gasteiger partial charge in [0.1, 0.15) is 31.0 Å². The van der Waals surface area contributed by atoms with Gasteiger partial charge in [0.05, 0.1) is 63.1 Å². The summed E-state index contributed by atoms with van der Waals surface area (Å²) in [4.78, 5) is 64.2.